The molecule has 0 bridgehead atoms. The Kier molecular flexibility index (Phi) is 11.1. The number of hydrogen-bond acceptors (Lipinski definition) is 12. The number of nitrogens with two attached hydrogens (primary N) is 1. The van der Waals surface area contributed by atoms with Gasteiger partial charge in [-0.1, -0.05) is 42.2 Å². The van der Waals surface area contributed by atoms with E-state index in [9.17, 15) is 24.2 Å². The van der Waals surface area contributed by atoms with Gasteiger partial charge >= 0.3 is 13.7 Å². The molecular weight excluding hydrogens is 679 g/mol. The van der Waals surface area contributed by atoms with Gasteiger partial charge in [-0.2, -0.15) is 4.98 Å². The van der Waals surface area contributed by atoms with E-state index in [1.54, 1.807) is 17.7 Å². The molecule has 0 saturated carbocycles. The summed E-state index contributed by atoms with van der Waals surface area (Å²) in [5.74, 6) is 5.73. The number of aliphatic hydroxyl groups is 1. The molecule has 6 rings (SSSR count). The molecule has 2 aliphatic rings. The molecule has 0 spiro atoms. The third-order valence-corrected chi connectivity index (χ3v) is 10.8. The highest BCUT2D eigenvalue weighted by atomic mass is 31.2. The number of H-pyrrole nitrogens is 1. The number of nitrogens with zero attached hydrogens (tertiary/aromatic N) is 6. The number of ether oxygens (including phenoxy) is 2. The Balaban J connectivity index is 1.05. The zero-order chi connectivity index (χ0) is 36.3. The van der Waals surface area contributed by atoms with Crippen molar-refractivity contribution in [1.29, 1.82) is 0 Å². The predicted octanol–water partition coefficient (Wildman–Crippen LogP) is 1.66. The first-order chi connectivity index (χ1) is 24.4. The van der Waals surface area contributed by atoms with E-state index in [2.05, 4.69) is 75.0 Å². The van der Waals surface area contributed by atoms with Gasteiger partial charge in [-0.15, -0.1) is 0 Å². The SMILES string of the molecule is Cc1nccn1P(=O)(O)OC[C@H]1O[C@@H](n2cc(C#CCCC(=O)OCC3CN(C)C(Cc4ccccc4)CN3C)c3c(=O)[nH]c(N)nc32)C[C@H]1O. The fraction of sp³-hybridized carbons (Fsp3) is 0.471. The average Bonchev–Trinajstić information content (AvgIpc) is 3.80. The minimum Gasteiger partial charge on any atom is -0.464 e. The summed E-state index contributed by atoms with van der Waals surface area (Å²) in [6.07, 6.45) is 2.75. The maximum Gasteiger partial charge on any atom is 0.437 e. The Morgan fingerprint density at radius 2 is 1.92 bits per heavy atom. The van der Waals surface area contributed by atoms with Gasteiger partial charge in [-0.3, -0.25) is 24.0 Å². The summed E-state index contributed by atoms with van der Waals surface area (Å²) in [7, 11) is -0.125. The normalized spacial score (nSPS) is 23.9. The predicted molar refractivity (Wildman–Crippen MR) is 187 cm³/mol. The Bertz CT molecular complexity index is 2020. The molecule has 272 valence electrons. The Hall–Kier alpha value is -4.33. The van der Waals surface area contributed by atoms with Gasteiger partial charge in [-0.25, -0.2) is 13.9 Å². The summed E-state index contributed by atoms with van der Waals surface area (Å²) in [6.45, 7) is 3.09. The number of aryl methyl sites for hydroxylation is 1. The minimum absolute atomic E-state index is 0.0724. The van der Waals surface area contributed by atoms with Crippen LogP contribution in [0.15, 0.2) is 53.7 Å². The number of aromatic amines is 1. The lowest BCUT2D eigenvalue weighted by molar-refractivity contribution is -0.146. The van der Waals surface area contributed by atoms with Crippen LogP contribution in [-0.4, -0.2) is 114 Å². The molecule has 5 N–H and O–H groups in total. The lowest BCUT2D eigenvalue weighted by Crippen LogP contribution is -2.57. The van der Waals surface area contributed by atoms with E-state index in [0.29, 0.717) is 11.6 Å². The third-order valence-electron chi connectivity index (χ3n) is 9.37. The molecule has 2 aliphatic heterocycles. The van der Waals surface area contributed by atoms with Crippen LogP contribution in [0.1, 0.15) is 42.4 Å². The van der Waals surface area contributed by atoms with Crippen LogP contribution in [0.3, 0.4) is 0 Å². The maximum atomic E-state index is 13.0. The van der Waals surface area contributed by atoms with Crippen molar-refractivity contribution < 1.29 is 33.4 Å². The second kappa shape index (κ2) is 15.5. The Morgan fingerprint density at radius 1 is 1.18 bits per heavy atom. The lowest BCUT2D eigenvalue weighted by Gasteiger charge is -2.43. The van der Waals surface area contributed by atoms with Crippen molar-refractivity contribution in [3.63, 3.8) is 0 Å². The highest BCUT2D eigenvalue weighted by Gasteiger charge is 2.38. The molecule has 3 aromatic heterocycles. The fourth-order valence-electron chi connectivity index (χ4n) is 6.51. The van der Waals surface area contributed by atoms with E-state index in [4.69, 9.17) is 19.7 Å². The number of nitrogen functional groups attached to an aromatic ring is 1. The van der Waals surface area contributed by atoms with E-state index >= 15 is 0 Å². The van der Waals surface area contributed by atoms with E-state index < -0.39 is 31.7 Å². The molecule has 2 saturated heterocycles. The number of hydrogen-bond donors (Lipinski definition) is 4. The smallest absolute Gasteiger partial charge is 0.437 e. The summed E-state index contributed by atoms with van der Waals surface area (Å²) in [4.78, 5) is 51.3. The monoisotopic (exact) mass is 722 g/mol. The Morgan fingerprint density at radius 3 is 2.67 bits per heavy atom. The second-order valence-electron chi connectivity index (χ2n) is 13.0. The number of aliphatic hydroxyl groups excluding tert-OH is 1. The van der Waals surface area contributed by atoms with Crippen molar-refractivity contribution in [2.45, 2.75) is 63.1 Å². The fourth-order valence-corrected chi connectivity index (χ4v) is 7.62. The second-order valence-corrected chi connectivity index (χ2v) is 14.7. The van der Waals surface area contributed by atoms with Crippen LogP contribution in [0.4, 0.5) is 5.95 Å². The number of likely N-dealkylation sites (N-methyl/N-ethyl adjacent to an activating group) is 2. The highest BCUT2D eigenvalue weighted by Crippen LogP contribution is 2.45. The van der Waals surface area contributed by atoms with Gasteiger partial charge in [0.15, 0.2) is 5.65 Å². The zero-order valence-corrected chi connectivity index (χ0v) is 29.6. The van der Waals surface area contributed by atoms with Crippen LogP contribution in [0.5, 0.6) is 0 Å². The average molecular weight is 723 g/mol. The van der Waals surface area contributed by atoms with Gasteiger partial charge in [0.05, 0.1) is 36.1 Å². The van der Waals surface area contributed by atoms with Gasteiger partial charge < -0.3 is 34.7 Å². The van der Waals surface area contributed by atoms with Crippen molar-refractivity contribution in [3.05, 3.63) is 76.2 Å². The molecule has 5 heterocycles. The number of benzene rings is 1. The molecule has 0 aliphatic carbocycles. The molecule has 51 heavy (non-hydrogen) atoms. The van der Waals surface area contributed by atoms with Crippen molar-refractivity contribution in [2.75, 3.05) is 46.1 Å². The van der Waals surface area contributed by atoms with E-state index in [-0.39, 0.29) is 67.3 Å². The van der Waals surface area contributed by atoms with Crippen LogP contribution >= 0.6 is 7.75 Å². The number of esters is 1. The number of fused-ring (bicyclic) bond motifs is 1. The van der Waals surface area contributed by atoms with E-state index in [1.807, 2.05) is 6.07 Å². The van der Waals surface area contributed by atoms with Crippen molar-refractivity contribution in [2.24, 2.45) is 0 Å². The van der Waals surface area contributed by atoms with Gasteiger partial charge in [0, 0.05) is 50.6 Å². The van der Waals surface area contributed by atoms with Crippen molar-refractivity contribution in [3.8, 4) is 11.8 Å². The largest absolute Gasteiger partial charge is 0.464 e. The minimum atomic E-state index is -4.28. The zero-order valence-electron chi connectivity index (χ0n) is 28.7. The quantitative estimate of drug-likeness (QED) is 0.0990. The number of carbonyl (C=O) groups is 1. The number of carbonyl (C=O) groups excluding carboxylic acids is 1. The summed E-state index contributed by atoms with van der Waals surface area (Å²) in [5.41, 5.74) is 7.15. The van der Waals surface area contributed by atoms with Gasteiger partial charge in [0.1, 0.15) is 24.8 Å². The van der Waals surface area contributed by atoms with E-state index in [0.717, 1.165) is 23.8 Å². The highest BCUT2D eigenvalue weighted by molar-refractivity contribution is 7.51. The molecule has 17 heteroatoms. The molecule has 0 radical (unpaired) electrons. The third kappa shape index (κ3) is 8.43. The maximum absolute atomic E-state index is 13.0. The lowest BCUT2D eigenvalue weighted by atomic mass is 10.0. The number of anilines is 1. The van der Waals surface area contributed by atoms with Crippen LogP contribution in [0.2, 0.25) is 0 Å². The van der Waals surface area contributed by atoms with Crippen molar-refractivity contribution >= 4 is 30.7 Å². The van der Waals surface area contributed by atoms with Gasteiger partial charge in [0.2, 0.25) is 5.95 Å². The Labute approximate surface area is 294 Å². The van der Waals surface area contributed by atoms with Crippen LogP contribution in [0, 0.1) is 18.8 Å². The number of rotatable bonds is 11. The summed E-state index contributed by atoms with van der Waals surface area (Å²) in [6, 6.07) is 10.8. The van der Waals surface area contributed by atoms with Crippen LogP contribution in [0.25, 0.3) is 11.0 Å². The van der Waals surface area contributed by atoms with Gasteiger partial charge in [-0.05, 0) is 33.0 Å². The molecule has 16 nitrogen and oxygen atoms in total. The molecule has 2 fully saturated rings. The van der Waals surface area contributed by atoms with E-state index in [1.165, 1.54) is 18.0 Å². The molecule has 6 atom stereocenters. The number of imidazole rings is 1. The van der Waals surface area contributed by atoms with Crippen molar-refractivity contribution in [1.82, 2.24) is 33.7 Å². The standard InChI is InChI=1S/C34H43N8O8P/c1-22-36-13-14-42(22)51(46,47)49-21-28-27(43)16-29(50-28)41-17-24(31-32(41)37-34(35)38-33(31)45)11-7-8-12-30(44)48-20-26-19-39(2)25(18-40(26)3)15-23-9-5-4-6-10-23/h4-6,9-10,13-14,17,25-29,43H,8,12,15-16,18-21H2,1-3H3,(H,46,47)(H3,35,37,38,45)/t25?,26?,27-,28-,29-/m1/s1. The molecular formula is C34H43N8O8P. The first-order valence-corrected chi connectivity index (χ1v) is 18.2. The molecule has 4 aromatic rings. The molecule has 1 aromatic carbocycles. The topological polar surface area (TPSA) is 203 Å². The van der Waals surface area contributed by atoms with Gasteiger partial charge in [0.25, 0.3) is 5.56 Å². The first kappa shape index (κ1) is 36.5. The van der Waals surface area contributed by atoms with Crippen LogP contribution < -0.4 is 11.3 Å². The first-order valence-electron chi connectivity index (χ1n) is 16.7. The summed E-state index contributed by atoms with van der Waals surface area (Å²) < 4.78 is 32.2. The summed E-state index contributed by atoms with van der Waals surface area (Å²) >= 11 is 0. The number of piperazine rings is 1. The molecule has 3 unspecified atom stereocenters. The summed E-state index contributed by atoms with van der Waals surface area (Å²) in [5, 5.41) is 10.9. The van der Waals surface area contributed by atoms with Crippen LogP contribution in [-0.2, 0) is 29.8 Å². The molecule has 0 amide bonds. The number of aromatic nitrogens is 5. The number of nitrogens with one attached hydrogen (secondary N) is 1.